The van der Waals surface area contributed by atoms with Crippen molar-refractivity contribution in [3.8, 4) is 5.75 Å². The fourth-order valence-electron chi connectivity index (χ4n) is 1.54. The van der Waals surface area contributed by atoms with Crippen LogP contribution >= 0.6 is 0 Å². The van der Waals surface area contributed by atoms with E-state index < -0.39 is 0 Å². The van der Waals surface area contributed by atoms with E-state index in [9.17, 15) is 4.79 Å². The number of nitrogens with zero attached hydrogens (tertiary/aromatic N) is 1. The van der Waals surface area contributed by atoms with Crippen molar-refractivity contribution in [2.24, 2.45) is 0 Å². The lowest BCUT2D eigenvalue weighted by molar-refractivity contribution is 0.102. The van der Waals surface area contributed by atoms with E-state index in [2.05, 4.69) is 15.5 Å². The number of carbonyl (C=O) groups excluding carboxylic acids is 1. The van der Waals surface area contributed by atoms with E-state index in [0.717, 1.165) is 0 Å². The summed E-state index contributed by atoms with van der Waals surface area (Å²) < 4.78 is 5.14. The molecule has 18 heavy (non-hydrogen) atoms. The van der Waals surface area contributed by atoms with Crippen LogP contribution in [0.2, 0.25) is 0 Å². The van der Waals surface area contributed by atoms with Crippen LogP contribution in [-0.4, -0.2) is 23.2 Å². The number of ether oxygens (including phenoxy) is 1. The maximum absolute atomic E-state index is 12.0. The molecule has 6 heteroatoms. The number of aromatic amines is 1. The summed E-state index contributed by atoms with van der Waals surface area (Å²) in [4.78, 5) is 12.0. The zero-order chi connectivity index (χ0) is 13.1. The zero-order valence-electron chi connectivity index (χ0n) is 10.2. The normalized spacial score (nSPS) is 10.1. The number of para-hydroxylation sites is 2. The fraction of sp³-hybridized carbons (Fsp3) is 0.167. The van der Waals surface area contributed by atoms with Crippen molar-refractivity contribution in [1.29, 1.82) is 0 Å². The minimum atomic E-state index is -0.374. The third kappa shape index (κ3) is 2.13. The molecule has 2 rings (SSSR count). The molecule has 0 unspecified atom stereocenters. The van der Waals surface area contributed by atoms with Crippen molar-refractivity contribution in [2.45, 2.75) is 6.92 Å². The predicted molar refractivity (Wildman–Crippen MR) is 68.7 cm³/mol. The van der Waals surface area contributed by atoms with Gasteiger partial charge in [0.25, 0.3) is 5.91 Å². The molecule has 4 N–H and O–H groups in total. The second-order valence-corrected chi connectivity index (χ2v) is 3.77. The molecule has 6 nitrogen and oxygen atoms in total. The number of hydrogen-bond donors (Lipinski definition) is 3. The Hall–Kier alpha value is -2.50. The van der Waals surface area contributed by atoms with Crippen LogP contribution in [0.1, 0.15) is 16.2 Å². The molecule has 0 aliphatic carbocycles. The molecular formula is C12H14N4O2. The zero-order valence-corrected chi connectivity index (χ0v) is 10.2. The highest BCUT2D eigenvalue weighted by Gasteiger charge is 2.16. The summed E-state index contributed by atoms with van der Waals surface area (Å²) >= 11 is 0. The van der Waals surface area contributed by atoms with Gasteiger partial charge in [-0.05, 0) is 19.1 Å². The van der Waals surface area contributed by atoms with Crippen molar-refractivity contribution >= 4 is 17.3 Å². The van der Waals surface area contributed by atoms with Crippen LogP contribution in [0.3, 0.4) is 0 Å². The van der Waals surface area contributed by atoms with Gasteiger partial charge >= 0.3 is 0 Å². The fourth-order valence-corrected chi connectivity index (χ4v) is 1.54. The summed E-state index contributed by atoms with van der Waals surface area (Å²) in [5.41, 5.74) is 7.51. The largest absolute Gasteiger partial charge is 0.495 e. The second-order valence-electron chi connectivity index (χ2n) is 3.77. The molecule has 0 spiro atoms. The SMILES string of the molecule is COc1ccccc1NC(=O)c1n[nH]c(C)c1N. The average molecular weight is 246 g/mol. The first-order valence-corrected chi connectivity index (χ1v) is 5.38. The van der Waals surface area contributed by atoms with E-state index >= 15 is 0 Å². The Morgan fingerprint density at radius 3 is 2.78 bits per heavy atom. The highest BCUT2D eigenvalue weighted by Crippen LogP contribution is 2.24. The number of hydrogen-bond acceptors (Lipinski definition) is 4. The number of amides is 1. The molecule has 0 saturated carbocycles. The summed E-state index contributed by atoms with van der Waals surface area (Å²) in [6.07, 6.45) is 0. The van der Waals surface area contributed by atoms with Crippen molar-refractivity contribution < 1.29 is 9.53 Å². The molecule has 1 aromatic carbocycles. The molecule has 1 heterocycles. The number of aromatic nitrogens is 2. The maximum Gasteiger partial charge on any atom is 0.278 e. The van der Waals surface area contributed by atoms with Gasteiger partial charge in [0, 0.05) is 0 Å². The molecule has 1 amide bonds. The van der Waals surface area contributed by atoms with E-state index in [-0.39, 0.29) is 11.6 Å². The summed E-state index contributed by atoms with van der Waals surface area (Å²) in [6.45, 7) is 1.75. The summed E-state index contributed by atoms with van der Waals surface area (Å²) in [5.74, 6) is 0.207. The van der Waals surface area contributed by atoms with Gasteiger partial charge in [-0.25, -0.2) is 0 Å². The smallest absolute Gasteiger partial charge is 0.278 e. The molecule has 0 fully saturated rings. The lowest BCUT2D eigenvalue weighted by atomic mass is 10.2. The Kier molecular flexibility index (Phi) is 3.18. The van der Waals surface area contributed by atoms with Gasteiger partial charge in [0.05, 0.1) is 24.2 Å². The summed E-state index contributed by atoms with van der Waals surface area (Å²) in [6, 6.07) is 7.13. The van der Waals surface area contributed by atoms with E-state index in [1.807, 2.05) is 6.07 Å². The van der Waals surface area contributed by atoms with Crippen LogP contribution in [0.25, 0.3) is 0 Å². The van der Waals surface area contributed by atoms with E-state index in [1.165, 1.54) is 7.11 Å². The molecule has 94 valence electrons. The van der Waals surface area contributed by atoms with Gasteiger partial charge in [0.2, 0.25) is 0 Å². The number of carbonyl (C=O) groups is 1. The number of H-pyrrole nitrogens is 1. The number of methoxy groups -OCH3 is 1. The van der Waals surface area contributed by atoms with Crippen molar-refractivity contribution in [1.82, 2.24) is 10.2 Å². The Labute approximate surface area is 104 Å². The van der Waals surface area contributed by atoms with Crippen LogP contribution in [-0.2, 0) is 0 Å². The number of nitrogen functional groups attached to an aromatic ring is 1. The number of benzene rings is 1. The minimum absolute atomic E-state index is 0.179. The van der Waals surface area contributed by atoms with Crippen LogP contribution in [0.4, 0.5) is 11.4 Å². The molecule has 0 bridgehead atoms. The minimum Gasteiger partial charge on any atom is -0.495 e. The van der Waals surface area contributed by atoms with Crippen molar-refractivity contribution in [3.05, 3.63) is 35.7 Å². The number of rotatable bonds is 3. The second kappa shape index (κ2) is 4.79. The highest BCUT2D eigenvalue weighted by atomic mass is 16.5. The number of aryl methyl sites for hydroxylation is 1. The first kappa shape index (κ1) is 12.0. The molecule has 1 aromatic heterocycles. The Morgan fingerprint density at radius 2 is 2.17 bits per heavy atom. The van der Waals surface area contributed by atoms with E-state index in [0.29, 0.717) is 22.8 Å². The van der Waals surface area contributed by atoms with Gasteiger partial charge in [-0.2, -0.15) is 5.10 Å². The third-order valence-electron chi connectivity index (χ3n) is 2.56. The lowest BCUT2D eigenvalue weighted by Crippen LogP contribution is -2.14. The molecule has 0 atom stereocenters. The molecule has 0 saturated heterocycles. The van der Waals surface area contributed by atoms with E-state index in [1.54, 1.807) is 25.1 Å². The van der Waals surface area contributed by atoms with Gasteiger partial charge in [-0.15, -0.1) is 0 Å². The van der Waals surface area contributed by atoms with E-state index in [4.69, 9.17) is 10.5 Å². The molecule has 0 aliphatic heterocycles. The van der Waals surface area contributed by atoms with Crippen LogP contribution in [0, 0.1) is 6.92 Å². The van der Waals surface area contributed by atoms with Gasteiger partial charge < -0.3 is 15.8 Å². The van der Waals surface area contributed by atoms with Crippen LogP contribution < -0.4 is 15.8 Å². The van der Waals surface area contributed by atoms with Gasteiger partial charge in [0.1, 0.15) is 5.75 Å². The van der Waals surface area contributed by atoms with Crippen LogP contribution in [0.5, 0.6) is 5.75 Å². The average Bonchev–Trinajstić information content (AvgIpc) is 2.71. The topological polar surface area (TPSA) is 93.0 Å². The quantitative estimate of drug-likeness (QED) is 0.766. The Bertz CT molecular complexity index is 577. The van der Waals surface area contributed by atoms with Crippen molar-refractivity contribution in [3.63, 3.8) is 0 Å². The van der Waals surface area contributed by atoms with Gasteiger partial charge in [0.15, 0.2) is 5.69 Å². The molecule has 2 aromatic rings. The molecular weight excluding hydrogens is 232 g/mol. The van der Waals surface area contributed by atoms with Crippen LogP contribution in [0.15, 0.2) is 24.3 Å². The maximum atomic E-state index is 12.0. The predicted octanol–water partition coefficient (Wildman–Crippen LogP) is 1.56. The molecule has 0 aliphatic rings. The highest BCUT2D eigenvalue weighted by molar-refractivity contribution is 6.07. The number of nitrogens with one attached hydrogen (secondary N) is 2. The number of anilines is 2. The summed E-state index contributed by atoms with van der Waals surface area (Å²) in [5, 5.41) is 9.23. The van der Waals surface area contributed by atoms with Gasteiger partial charge in [-0.3, -0.25) is 9.89 Å². The van der Waals surface area contributed by atoms with Gasteiger partial charge in [-0.1, -0.05) is 12.1 Å². The summed E-state index contributed by atoms with van der Waals surface area (Å²) in [7, 11) is 1.54. The van der Waals surface area contributed by atoms with Crippen molar-refractivity contribution in [2.75, 3.05) is 18.2 Å². The standard InChI is InChI=1S/C12H14N4O2/c1-7-10(13)11(16-15-7)12(17)14-8-5-3-4-6-9(8)18-2/h3-6H,13H2,1-2H3,(H,14,17)(H,15,16). The first-order valence-electron chi connectivity index (χ1n) is 5.38. The number of nitrogens with two attached hydrogens (primary N) is 1. The Balaban J connectivity index is 2.24. The monoisotopic (exact) mass is 246 g/mol. The lowest BCUT2D eigenvalue weighted by Gasteiger charge is -2.08. The third-order valence-corrected chi connectivity index (χ3v) is 2.56. The first-order chi connectivity index (χ1) is 8.63. The molecule has 0 radical (unpaired) electrons. The Morgan fingerprint density at radius 1 is 1.44 bits per heavy atom.